The zero-order valence-corrected chi connectivity index (χ0v) is 16.1. The molecule has 0 radical (unpaired) electrons. The summed E-state index contributed by atoms with van der Waals surface area (Å²) in [7, 11) is 0. The number of rotatable bonds is 1. The van der Waals surface area contributed by atoms with Gasteiger partial charge in [-0.3, -0.25) is 9.69 Å². The second-order valence-electron chi connectivity index (χ2n) is 8.52. The van der Waals surface area contributed by atoms with E-state index in [1.54, 1.807) is 6.92 Å². The van der Waals surface area contributed by atoms with E-state index in [2.05, 4.69) is 16.8 Å². The van der Waals surface area contributed by atoms with Crippen LogP contribution in [0, 0.1) is 5.92 Å². The van der Waals surface area contributed by atoms with Crippen molar-refractivity contribution in [1.29, 1.82) is 0 Å². The number of benzene rings is 1. The summed E-state index contributed by atoms with van der Waals surface area (Å²) in [6, 6.07) is 10.5. The number of amides is 1. The molecule has 0 bridgehead atoms. The number of aromatic nitrogens is 3. The van der Waals surface area contributed by atoms with E-state index < -0.39 is 0 Å². The van der Waals surface area contributed by atoms with E-state index in [0.717, 1.165) is 23.8 Å². The molecule has 27 heavy (non-hydrogen) atoms. The van der Waals surface area contributed by atoms with Crippen molar-refractivity contribution in [3.05, 3.63) is 30.3 Å². The van der Waals surface area contributed by atoms with Gasteiger partial charge in [0.25, 0.3) is 0 Å². The van der Waals surface area contributed by atoms with E-state index >= 15 is 0 Å². The average molecular weight is 364 g/mol. The summed E-state index contributed by atoms with van der Waals surface area (Å²) < 4.78 is 2.18. The van der Waals surface area contributed by atoms with E-state index in [9.17, 15) is 4.79 Å². The van der Waals surface area contributed by atoms with Gasteiger partial charge >= 0.3 is 0 Å². The molecule has 5 nitrogen and oxygen atoms in total. The van der Waals surface area contributed by atoms with Crippen LogP contribution in [0.25, 0.3) is 11.4 Å². The molecule has 1 spiro atoms. The van der Waals surface area contributed by atoms with Crippen molar-refractivity contribution in [3.8, 4) is 11.4 Å². The minimum absolute atomic E-state index is 0.0463. The molecule has 1 amide bonds. The molecule has 142 valence electrons. The Kier molecular flexibility index (Phi) is 4.06. The first-order valence-corrected chi connectivity index (χ1v) is 10.5. The van der Waals surface area contributed by atoms with Gasteiger partial charge in [-0.2, -0.15) is 4.98 Å². The van der Waals surface area contributed by atoms with Gasteiger partial charge in [0.2, 0.25) is 11.9 Å². The van der Waals surface area contributed by atoms with Crippen LogP contribution in [0.2, 0.25) is 0 Å². The summed E-state index contributed by atoms with van der Waals surface area (Å²) >= 11 is 0. The molecule has 1 aliphatic heterocycles. The topological polar surface area (TPSA) is 51.0 Å². The van der Waals surface area contributed by atoms with Crippen LogP contribution in [-0.2, 0) is 10.3 Å². The zero-order chi connectivity index (χ0) is 18.4. The fraction of sp³-hybridized carbons (Fsp3) is 0.591. The molecule has 2 atom stereocenters. The predicted octanol–water partition coefficient (Wildman–Crippen LogP) is 4.53. The Morgan fingerprint density at radius 2 is 1.78 bits per heavy atom. The van der Waals surface area contributed by atoms with Crippen molar-refractivity contribution >= 4 is 11.9 Å². The first-order valence-electron chi connectivity index (χ1n) is 10.5. The van der Waals surface area contributed by atoms with Crippen LogP contribution in [0.4, 0.5) is 5.95 Å². The van der Waals surface area contributed by atoms with Crippen molar-refractivity contribution in [3.63, 3.8) is 0 Å². The Hall–Kier alpha value is -2.17. The van der Waals surface area contributed by atoms with Gasteiger partial charge in [-0.15, -0.1) is 5.10 Å². The molecule has 2 heterocycles. The highest BCUT2D eigenvalue weighted by molar-refractivity contribution is 5.91. The summed E-state index contributed by atoms with van der Waals surface area (Å²) in [5.74, 6) is 2.14. The number of carbonyl (C=O) groups excluding carboxylic acids is 1. The van der Waals surface area contributed by atoms with Gasteiger partial charge in [0.05, 0.1) is 5.54 Å². The fourth-order valence-electron chi connectivity index (χ4n) is 5.94. The predicted molar refractivity (Wildman–Crippen MR) is 105 cm³/mol. The Morgan fingerprint density at radius 3 is 2.52 bits per heavy atom. The van der Waals surface area contributed by atoms with Crippen LogP contribution in [0.3, 0.4) is 0 Å². The van der Waals surface area contributed by atoms with Crippen molar-refractivity contribution in [2.45, 2.75) is 76.3 Å². The molecule has 2 aromatic rings. The maximum atomic E-state index is 12.7. The third kappa shape index (κ3) is 2.54. The zero-order valence-electron chi connectivity index (χ0n) is 16.1. The SMILES string of the molecule is CC(=O)N1c2nc(-c3ccccc3)nn2C2(CCCCC2)C2CCCCC21. The van der Waals surface area contributed by atoms with Crippen molar-refractivity contribution in [2.24, 2.45) is 5.92 Å². The molecule has 1 aromatic heterocycles. The molecule has 2 fully saturated rings. The maximum absolute atomic E-state index is 12.7. The van der Waals surface area contributed by atoms with E-state index in [1.165, 1.54) is 51.4 Å². The van der Waals surface area contributed by atoms with Crippen LogP contribution in [0.15, 0.2) is 30.3 Å². The van der Waals surface area contributed by atoms with Crippen LogP contribution in [0.5, 0.6) is 0 Å². The lowest BCUT2D eigenvalue weighted by molar-refractivity contribution is -0.118. The van der Waals surface area contributed by atoms with Gasteiger partial charge in [-0.25, -0.2) is 4.68 Å². The standard InChI is InChI=1S/C22H28N4O/c1-16(27)25-19-13-7-6-12-18(19)22(14-8-3-9-15-22)26-21(25)23-20(24-26)17-10-4-2-5-11-17/h2,4-5,10-11,18-19H,3,6-9,12-15H2,1H3. The molecule has 0 N–H and O–H groups in total. The van der Waals surface area contributed by atoms with E-state index in [-0.39, 0.29) is 17.5 Å². The van der Waals surface area contributed by atoms with Crippen LogP contribution in [-0.4, -0.2) is 26.7 Å². The summed E-state index contributed by atoms with van der Waals surface area (Å²) in [5.41, 5.74) is 1.07. The molecular formula is C22H28N4O. The third-order valence-electron chi connectivity index (χ3n) is 7.07. The molecule has 2 saturated carbocycles. The summed E-state index contributed by atoms with van der Waals surface area (Å²) in [4.78, 5) is 19.6. The largest absolute Gasteiger partial charge is 0.278 e. The molecule has 2 aliphatic carbocycles. The highest BCUT2D eigenvalue weighted by Gasteiger charge is 2.54. The van der Waals surface area contributed by atoms with Gasteiger partial charge in [-0.05, 0) is 25.7 Å². The fourth-order valence-corrected chi connectivity index (χ4v) is 5.94. The lowest BCUT2D eigenvalue weighted by Gasteiger charge is -2.55. The van der Waals surface area contributed by atoms with E-state index in [4.69, 9.17) is 10.1 Å². The van der Waals surface area contributed by atoms with Crippen molar-refractivity contribution in [2.75, 3.05) is 4.90 Å². The number of carbonyl (C=O) groups is 1. The Labute approximate surface area is 160 Å². The highest BCUT2D eigenvalue weighted by atomic mass is 16.2. The summed E-state index contributed by atoms with van der Waals surface area (Å²) in [6.07, 6.45) is 10.9. The highest BCUT2D eigenvalue weighted by Crippen LogP contribution is 2.53. The molecule has 5 heteroatoms. The lowest BCUT2D eigenvalue weighted by Crippen LogP contribution is -2.61. The molecular weight excluding hydrogens is 336 g/mol. The van der Waals surface area contributed by atoms with E-state index in [1.807, 2.05) is 23.1 Å². The molecule has 2 unspecified atom stereocenters. The number of fused-ring (bicyclic) bond motifs is 4. The Bertz CT molecular complexity index is 837. The molecule has 1 aromatic carbocycles. The monoisotopic (exact) mass is 364 g/mol. The van der Waals surface area contributed by atoms with Gasteiger partial charge < -0.3 is 0 Å². The average Bonchev–Trinajstić information content (AvgIpc) is 3.15. The molecule has 0 saturated heterocycles. The van der Waals surface area contributed by atoms with Crippen molar-refractivity contribution < 1.29 is 4.79 Å². The van der Waals surface area contributed by atoms with E-state index in [0.29, 0.717) is 5.92 Å². The Balaban J connectivity index is 1.71. The van der Waals surface area contributed by atoms with Crippen LogP contribution in [0.1, 0.15) is 64.7 Å². The number of nitrogens with zero attached hydrogens (tertiary/aromatic N) is 4. The van der Waals surface area contributed by atoms with Gasteiger partial charge in [0.15, 0.2) is 5.82 Å². The normalized spacial score (nSPS) is 26.5. The van der Waals surface area contributed by atoms with Gasteiger partial charge in [-0.1, -0.05) is 62.4 Å². The molecule has 3 aliphatic rings. The quantitative estimate of drug-likeness (QED) is 0.747. The first kappa shape index (κ1) is 17.0. The second kappa shape index (κ2) is 6.47. The maximum Gasteiger partial charge on any atom is 0.231 e. The molecule has 5 rings (SSSR count). The summed E-state index contributed by atoms with van der Waals surface area (Å²) in [5, 5.41) is 5.03. The number of hydrogen-bond donors (Lipinski definition) is 0. The number of anilines is 1. The van der Waals surface area contributed by atoms with Gasteiger partial charge in [0.1, 0.15) is 0 Å². The smallest absolute Gasteiger partial charge is 0.231 e. The second-order valence-corrected chi connectivity index (χ2v) is 8.52. The first-order chi connectivity index (χ1) is 13.2. The third-order valence-corrected chi connectivity index (χ3v) is 7.07. The minimum Gasteiger partial charge on any atom is -0.278 e. The minimum atomic E-state index is 0.0463. The lowest BCUT2D eigenvalue weighted by atomic mass is 9.64. The number of hydrogen-bond acceptors (Lipinski definition) is 3. The Morgan fingerprint density at radius 1 is 1.04 bits per heavy atom. The van der Waals surface area contributed by atoms with Gasteiger partial charge in [0, 0.05) is 24.4 Å². The van der Waals surface area contributed by atoms with Crippen molar-refractivity contribution in [1.82, 2.24) is 14.8 Å². The van der Waals surface area contributed by atoms with Crippen LogP contribution >= 0.6 is 0 Å². The summed E-state index contributed by atoms with van der Waals surface area (Å²) in [6.45, 7) is 1.69. The van der Waals surface area contributed by atoms with Crippen LogP contribution < -0.4 is 4.90 Å².